The molecule has 7 nitrogen and oxygen atoms in total. The molecule has 2 N–H and O–H groups in total. The van der Waals surface area contributed by atoms with Crippen LogP contribution in [0.25, 0.3) is 16.9 Å². The number of nitrogens with zero attached hydrogens (tertiary/aromatic N) is 4. The van der Waals surface area contributed by atoms with Gasteiger partial charge in [0.2, 0.25) is 5.91 Å². The second-order valence-electron chi connectivity index (χ2n) is 8.64. The predicted octanol–water partition coefficient (Wildman–Crippen LogP) is 4.76. The van der Waals surface area contributed by atoms with Crippen LogP contribution in [0.15, 0.2) is 71.3 Å². The Hall–Kier alpha value is -3.39. The molecule has 0 bridgehead atoms. The molecule has 8 heteroatoms. The van der Waals surface area contributed by atoms with E-state index in [0.717, 1.165) is 48.3 Å². The molecule has 3 heterocycles. The normalized spacial score (nSPS) is 14.4. The molecule has 5 rings (SSSR count). The fraction of sp³-hybridized carbons (Fsp3) is 0.269. The van der Waals surface area contributed by atoms with E-state index in [1.165, 1.54) is 0 Å². The summed E-state index contributed by atoms with van der Waals surface area (Å²) in [5.74, 6) is 1.66. The topological polar surface area (TPSA) is 82.8 Å². The van der Waals surface area contributed by atoms with E-state index in [-0.39, 0.29) is 11.7 Å². The van der Waals surface area contributed by atoms with Gasteiger partial charge in [0.15, 0.2) is 5.65 Å². The molecule has 4 aromatic rings. The summed E-state index contributed by atoms with van der Waals surface area (Å²) in [7, 11) is 0. The number of para-hydroxylation sites is 1. The third-order valence-corrected chi connectivity index (χ3v) is 6.91. The van der Waals surface area contributed by atoms with Gasteiger partial charge in [0.1, 0.15) is 11.6 Å². The largest absolute Gasteiger partial charge is 0.507 e. The summed E-state index contributed by atoms with van der Waals surface area (Å²) in [6, 6.07) is 19.0. The number of aromatic hydroxyl groups is 1. The maximum Gasteiger partial charge on any atom is 0.226 e. The lowest BCUT2D eigenvalue weighted by Crippen LogP contribution is -2.40. The zero-order valence-electron chi connectivity index (χ0n) is 18.7. The van der Waals surface area contributed by atoms with Gasteiger partial charge in [-0.1, -0.05) is 42.5 Å². The van der Waals surface area contributed by atoms with Crippen molar-refractivity contribution in [3.63, 3.8) is 0 Å². The highest BCUT2D eigenvalue weighted by molar-refractivity contribution is 9.10. The number of fused-ring (bicyclic) bond motifs is 1. The van der Waals surface area contributed by atoms with Gasteiger partial charge in [-0.15, -0.1) is 0 Å². The molecule has 2 aromatic heterocycles. The number of halogens is 1. The van der Waals surface area contributed by atoms with Crippen LogP contribution in [0.2, 0.25) is 0 Å². The van der Waals surface area contributed by atoms with Crippen molar-refractivity contribution >= 4 is 33.3 Å². The lowest BCUT2D eigenvalue weighted by molar-refractivity contribution is -0.131. The number of hydrogen-bond donors (Lipinski definition) is 2. The van der Waals surface area contributed by atoms with E-state index in [0.29, 0.717) is 29.2 Å². The number of carbonyl (C=O) groups excluding carboxylic acids is 1. The number of anilines is 1. The summed E-state index contributed by atoms with van der Waals surface area (Å²) in [4.78, 5) is 19.3. The molecule has 1 aliphatic heterocycles. The first kappa shape index (κ1) is 22.4. The molecule has 0 atom stereocenters. The first-order chi connectivity index (χ1) is 16.6. The van der Waals surface area contributed by atoms with Crippen LogP contribution in [0.5, 0.6) is 5.75 Å². The molecule has 1 aliphatic rings. The molecular weight excluding hydrogens is 494 g/mol. The summed E-state index contributed by atoms with van der Waals surface area (Å²) in [5.41, 5.74) is 3.09. The van der Waals surface area contributed by atoms with Gasteiger partial charge in [-0.3, -0.25) is 4.79 Å². The van der Waals surface area contributed by atoms with Crippen molar-refractivity contribution in [3.05, 3.63) is 76.9 Å². The maximum atomic E-state index is 12.7. The Balaban J connectivity index is 1.25. The van der Waals surface area contributed by atoms with Crippen LogP contribution in [0.1, 0.15) is 18.4 Å². The van der Waals surface area contributed by atoms with Gasteiger partial charge in [0.25, 0.3) is 0 Å². The van der Waals surface area contributed by atoms with E-state index in [2.05, 4.69) is 26.3 Å². The molecule has 1 saturated heterocycles. The summed E-state index contributed by atoms with van der Waals surface area (Å²) in [6.45, 7) is 2.33. The van der Waals surface area contributed by atoms with E-state index in [1.807, 2.05) is 53.4 Å². The Kier molecular flexibility index (Phi) is 6.49. The summed E-state index contributed by atoms with van der Waals surface area (Å²) in [5, 5.41) is 18.3. The zero-order chi connectivity index (χ0) is 23.5. The first-order valence-corrected chi connectivity index (χ1v) is 12.3. The fourth-order valence-corrected chi connectivity index (χ4v) is 4.76. The van der Waals surface area contributed by atoms with Gasteiger partial charge in [0.05, 0.1) is 22.8 Å². The number of aromatic nitrogens is 3. The average Bonchev–Trinajstić information content (AvgIpc) is 3.24. The van der Waals surface area contributed by atoms with Crippen molar-refractivity contribution in [1.29, 1.82) is 0 Å². The zero-order valence-corrected chi connectivity index (χ0v) is 20.3. The number of carbonyl (C=O) groups is 1. The minimum atomic E-state index is 0.188. The summed E-state index contributed by atoms with van der Waals surface area (Å²) < 4.78 is 2.56. The van der Waals surface area contributed by atoms with Crippen LogP contribution < -0.4 is 5.32 Å². The second kappa shape index (κ2) is 9.85. The Morgan fingerprint density at radius 1 is 1.09 bits per heavy atom. The van der Waals surface area contributed by atoms with E-state index in [9.17, 15) is 9.90 Å². The van der Waals surface area contributed by atoms with E-state index >= 15 is 0 Å². The molecule has 1 amide bonds. The maximum absolute atomic E-state index is 12.7. The van der Waals surface area contributed by atoms with Crippen LogP contribution in [0.4, 0.5) is 5.82 Å². The van der Waals surface area contributed by atoms with Crippen molar-refractivity contribution in [1.82, 2.24) is 19.5 Å². The standard InChI is InChI=1S/C26H26BrN5O2/c27-21-17-29-32-24(15-22(30-26(21)32)20-8-4-5-9-23(20)33)28-16-19-10-12-31(13-11-19)25(34)14-18-6-2-1-3-7-18/h1-9,15,17,19,28,33H,10-14,16H2. The van der Waals surface area contributed by atoms with Crippen molar-refractivity contribution < 1.29 is 9.90 Å². The Morgan fingerprint density at radius 3 is 2.59 bits per heavy atom. The number of phenols is 1. The molecule has 0 spiro atoms. The third kappa shape index (κ3) is 4.77. The Bertz CT molecular complexity index is 1300. The quantitative estimate of drug-likeness (QED) is 0.383. The number of nitrogens with one attached hydrogen (secondary N) is 1. The smallest absolute Gasteiger partial charge is 0.226 e. The highest BCUT2D eigenvalue weighted by Crippen LogP contribution is 2.31. The highest BCUT2D eigenvalue weighted by atomic mass is 79.9. The number of likely N-dealkylation sites (tertiary alicyclic amines) is 1. The first-order valence-electron chi connectivity index (χ1n) is 11.5. The van der Waals surface area contributed by atoms with Gasteiger partial charge in [-0.25, -0.2) is 4.98 Å². The molecule has 0 aliphatic carbocycles. The van der Waals surface area contributed by atoms with E-state index in [1.54, 1.807) is 22.8 Å². The van der Waals surface area contributed by atoms with Crippen molar-refractivity contribution in [2.45, 2.75) is 19.3 Å². The SMILES string of the molecule is O=C(Cc1ccccc1)N1CCC(CNc2cc(-c3ccccc3O)nc3c(Br)cnn23)CC1. The molecule has 174 valence electrons. The van der Waals surface area contributed by atoms with Crippen LogP contribution in [0.3, 0.4) is 0 Å². The minimum absolute atomic E-state index is 0.188. The van der Waals surface area contributed by atoms with E-state index in [4.69, 9.17) is 4.98 Å². The van der Waals surface area contributed by atoms with Gasteiger partial charge in [0, 0.05) is 31.3 Å². The van der Waals surface area contributed by atoms with E-state index < -0.39 is 0 Å². The number of piperidine rings is 1. The van der Waals surface area contributed by atoms with Gasteiger partial charge in [-0.05, 0) is 52.4 Å². The van der Waals surface area contributed by atoms with Crippen LogP contribution in [-0.2, 0) is 11.2 Å². The molecule has 0 saturated carbocycles. The van der Waals surface area contributed by atoms with Crippen molar-refractivity contribution in [2.24, 2.45) is 5.92 Å². The molecule has 0 unspecified atom stereocenters. The monoisotopic (exact) mass is 519 g/mol. The fourth-order valence-electron chi connectivity index (χ4n) is 4.41. The van der Waals surface area contributed by atoms with Gasteiger partial charge in [-0.2, -0.15) is 9.61 Å². The predicted molar refractivity (Wildman–Crippen MR) is 136 cm³/mol. The number of amides is 1. The minimum Gasteiger partial charge on any atom is -0.507 e. The number of phenolic OH excluding ortho intramolecular Hbond substituents is 1. The number of hydrogen-bond acceptors (Lipinski definition) is 5. The van der Waals surface area contributed by atoms with Gasteiger partial charge < -0.3 is 15.3 Å². The van der Waals surface area contributed by atoms with Crippen molar-refractivity contribution in [2.75, 3.05) is 25.0 Å². The number of benzene rings is 2. The highest BCUT2D eigenvalue weighted by Gasteiger charge is 2.23. The molecule has 1 fully saturated rings. The Labute approximate surface area is 206 Å². The lowest BCUT2D eigenvalue weighted by atomic mass is 9.96. The second-order valence-corrected chi connectivity index (χ2v) is 9.49. The average molecular weight is 520 g/mol. The van der Waals surface area contributed by atoms with Crippen LogP contribution >= 0.6 is 15.9 Å². The summed E-state index contributed by atoms with van der Waals surface area (Å²) in [6.07, 6.45) is 4.09. The molecule has 34 heavy (non-hydrogen) atoms. The van der Waals surface area contributed by atoms with Crippen LogP contribution in [-0.4, -0.2) is 50.1 Å². The molecular formula is C26H26BrN5O2. The lowest BCUT2D eigenvalue weighted by Gasteiger charge is -2.32. The van der Waals surface area contributed by atoms with Crippen molar-refractivity contribution in [3.8, 4) is 17.0 Å². The van der Waals surface area contributed by atoms with Crippen LogP contribution in [0, 0.1) is 5.92 Å². The third-order valence-electron chi connectivity index (χ3n) is 6.35. The molecule has 2 aromatic carbocycles. The van der Waals surface area contributed by atoms with Gasteiger partial charge >= 0.3 is 0 Å². The summed E-state index contributed by atoms with van der Waals surface area (Å²) >= 11 is 3.52. The Morgan fingerprint density at radius 2 is 1.82 bits per heavy atom. The molecule has 0 radical (unpaired) electrons. The number of rotatable bonds is 6.